The Morgan fingerprint density at radius 2 is 2.16 bits per heavy atom. The Hall–Kier alpha value is -0.940. The number of rotatable bonds is 4. The van der Waals surface area contributed by atoms with Crippen molar-refractivity contribution in [2.24, 2.45) is 0 Å². The highest BCUT2D eigenvalue weighted by Gasteiger charge is 2.19. The molecule has 1 atom stereocenters. The highest BCUT2D eigenvalue weighted by atomic mass is 79.9. The van der Waals surface area contributed by atoms with Gasteiger partial charge in [-0.05, 0) is 67.0 Å². The molecule has 1 aliphatic heterocycles. The number of carbonyl (C=O) groups is 1. The molecule has 1 N–H and O–H groups in total. The Morgan fingerprint density at radius 3 is 2.79 bits per heavy atom. The molecule has 1 fully saturated rings. The van der Waals surface area contributed by atoms with Crippen molar-refractivity contribution in [2.45, 2.75) is 25.8 Å². The third-order valence-corrected chi connectivity index (χ3v) is 4.15. The van der Waals surface area contributed by atoms with Crippen LogP contribution in [0.2, 0.25) is 0 Å². The van der Waals surface area contributed by atoms with Crippen molar-refractivity contribution in [1.82, 2.24) is 10.2 Å². The smallest absolute Gasteiger partial charge is 0.252 e. The first kappa shape index (κ1) is 14.5. The largest absolute Gasteiger partial charge is 0.350 e. The highest BCUT2D eigenvalue weighted by molar-refractivity contribution is 9.10. The lowest BCUT2D eigenvalue weighted by atomic mass is 10.2. The van der Waals surface area contributed by atoms with Gasteiger partial charge in [-0.3, -0.25) is 9.69 Å². The molecule has 19 heavy (non-hydrogen) atoms. The van der Waals surface area contributed by atoms with Crippen molar-refractivity contribution in [3.05, 3.63) is 34.1 Å². The van der Waals surface area contributed by atoms with Crippen LogP contribution in [0.3, 0.4) is 0 Å². The third kappa shape index (κ3) is 3.76. The van der Waals surface area contributed by atoms with Crippen LogP contribution in [0.1, 0.15) is 30.1 Å². The predicted molar refractivity (Wildman–Crippen MR) is 76.7 cm³/mol. The number of amides is 1. The van der Waals surface area contributed by atoms with Crippen LogP contribution in [-0.2, 0) is 0 Å². The van der Waals surface area contributed by atoms with Gasteiger partial charge in [0.25, 0.3) is 5.91 Å². The first-order chi connectivity index (χ1) is 9.08. The average molecular weight is 329 g/mol. The van der Waals surface area contributed by atoms with Gasteiger partial charge >= 0.3 is 0 Å². The molecule has 0 bridgehead atoms. The van der Waals surface area contributed by atoms with Crippen molar-refractivity contribution in [2.75, 3.05) is 19.6 Å². The van der Waals surface area contributed by atoms with E-state index in [4.69, 9.17) is 0 Å². The van der Waals surface area contributed by atoms with Gasteiger partial charge in [0.2, 0.25) is 0 Å². The van der Waals surface area contributed by atoms with Gasteiger partial charge in [0.1, 0.15) is 5.82 Å². The molecular weight excluding hydrogens is 311 g/mol. The monoisotopic (exact) mass is 328 g/mol. The highest BCUT2D eigenvalue weighted by Crippen LogP contribution is 2.18. The summed E-state index contributed by atoms with van der Waals surface area (Å²) in [5.74, 6) is -0.521. The van der Waals surface area contributed by atoms with Gasteiger partial charge in [0.15, 0.2) is 0 Å². The second-order valence-corrected chi connectivity index (χ2v) is 5.78. The maximum absolute atomic E-state index is 13.0. The number of nitrogens with zero attached hydrogens (tertiary/aromatic N) is 1. The van der Waals surface area contributed by atoms with Gasteiger partial charge in [0.05, 0.1) is 5.56 Å². The number of hydrogen-bond acceptors (Lipinski definition) is 2. The van der Waals surface area contributed by atoms with E-state index >= 15 is 0 Å². The number of carbonyl (C=O) groups excluding carboxylic acids is 1. The van der Waals surface area contributed by atoms with E-state index < -0.39 is 0 Å². The number of likely N-dealkylation sites (tertiary alicyclic amines) is 1. The molecule has 2 rings (SSSR count). The molecule has 5 heteroatoms. The average Bonchev–Trinajstić information content (AvgIpc) is 2.89. The molecule has 0 saturated carbocycles. The third-order valence-electron chi connectivity index (χ3n) is 3.50. The van der Waals surface area contributed by atoms with Crippen molar-refractivity contribution < 1.29 is 9.18 Å². The van der Waals surface area contributed by atoms with Gasteiger partial charge in [0, 0.05) is 17.1 Å². The molecule has 3 nitrogen and oxygen atoms in total. The molecule has 0 radical (unpaired) electrons. The van der Waals surface area contributed by atoms with E-state index in [2.05, 4.69) is 33.1 Å². The first-order valence-electron chi connectivity index (χ1n) is 6.55. The van der Waals surface area contributed by atoms with Gasteiger partial charge in [-0.15, -0.1) is 0 Å². The number of benzene rings is 1. The van der Waals surface area contributed by atoms with Gasteiger partial charge in [-0.25, -0.2) is 4.39 Å². The zero-order chi connectivity index (χ0) is 13.8. The van der Waals surface area contributed by atoms with E-state index in [1.165, 1.54) is 31.0 Å². The minimum absolute atomic E-state index is 0.169. The molecule has 1 saturated heterocycles. The molecule has 1 amide bonds. The Morgan fingerprint density at radius 1 is 1.47 bits per heavy atom. The topological polar surface area (TPSA) is 32.3 Å². The molecule has 1 heterocycles. The van der Waals surface area contributed by atoms with Gasteiger partial charge in [-0.1, -0.05) is 0 Å². The van der Waals surface area contributed by atoms with E-state index in [1.807, 2.05) is 0 Å². The number of nitrogens with one attached hydrogen (secondary N) is 1. The lowest BCUT2D eigenvalue weighted by molar-refractivity contribution is 0.0939. The lowest BCUT2D eigenvalue weighted by Gasteiger charge is -2.23. The summed E-state index contributed by atoms with van der Waals surface area (Å²) in [7, 11) is 0. The molecule has 104 valence electrons. The minimum atomic E-state index is -0.353. The summed E-state index contributed by atoms with van der Waals surface area (Å²) in [6.45, 7) is 4.95. The quantitative estimate of drug-likeness (QED) is 0.921. The fraction of sp³-hybridized carbons (Fsp3) is 0.500. The zero-order valence-electron chi connectivity index (χ0n) is 11.0. The van der Waals surface area contributed by atoms with E-state index in [0.717, 1.165) is 13.1 Å². The van der Waals surface area contributed by atoms with Crippen molar-refractivity contribution in [3.8, 4) is 0 Å². The number of halogens is 2. The van der Waals surface area contributed by atoms with Crippen LogP contribution in [-0.4, -0.2) is 36.5 Å². The fourth-order valence-electron chi connectivity index (χ4n) is 2.32. The summed E-state index contributed by atoms with van der Waals surface area (Å²) < 4.78 is 13.4. The zero-order valence-corrected chi connectivity index (χ0v) is 12.5. The fourth-order valence-corrected chi connectivity index (χ4v) is 2.85. The van der Waals surface area contributed by atoms with Crippen molar-refractivity contribution >= 4 is 21.8 Å². The summed E-state index contributed by atoms with van der Waals surface area (Å²) in [5, 5.41) is 2.90. The Balaban J connectivity index is 1.90. The van der Waals surface area contributed by atoms with Crippen LogP contribution < -0.4 is 5.32 Å². The molecule has 1 aromatic rings. The van der Waals surface area contributed by atoms with Gasteiger partial charge < -0.3 is 5.32 Å². The van der Waals surface area contributed by atoms with E-state index in [1.54, 1.807) is 0 Å². The van der Waals surface area contributed by atoms with Gasteiger partial charge in [-0.2, -0.15) is 0 Å². The summed E-state index contributed by atoms with van der Waals surface area (Å²) in [5.41, 5.74) is 0.468. The van der Waals surface area contributed by atoms with Crippen LogP contribution >= 0.6 is 15.9 Å². The molecule has 0 unspecified atom stereocenters. The maximum atomic E-state index is 13.0. The van der Waals surface area contributed by atoms with Crippen LogP contribution in [0.25, 0.3) is 0 Å². The first-order valence-corrected chi connectivity index (χ1v) is 7.34. The normalized spacial score (nSPS) is 17.4. The van der Waals surface area contributed by atoms with Crippen LogP contribution in [0.5, 0.6) is 0 Å². The lowest BCUT2D eigenvalue weighted by Crippen LogP contribution is -2.40. The predicted octanol–water partition coefficient (Wildman–Crippen LogP) is 2.80. The molecule has 0 aromatic heterocycles. The van der Waals surface area contributed by atoms with Crippen molar-refractivity contribution in [1.29, 1.82) is 0 Å². The van der Waals surface area contributed by atoms with Crippen LogP contribution in [0.4, 0.5) is 4.39 Å². The van der Waals surface area contributed by atoms with E-state index in [0.29, 0.717) is 22.6 Å². The standard InChI is InChI=1S/C14H18BrFN2O/c1-10(18-6-2-3-7-18)9-17-14(19)12-5-4-11(16)8-13(12)15/h4-5,8,10H,2-3,6-7,9H2,1H3,(H,17,19)/t10-/m1/s1. The minimum Gasteiger partial charge on any atom is -0.350 e. The summed E-state index contributed by atoms with van der Waals surface area (Å²) in [4.78, 5) is 14.4. The maximum Gasteiger partial charge on any atom is 0.252 e. The summed E-state index contributed by atoms with van der Waals surface area (Å²) >= 11 is 3.21. The Bertz CT molecular complexity index is 461. The molecule has 1 aliphatic rings. The molecule has 0 aliphatic carbocycles. The summed E-state index contributed by atoms with van der Waals surface area (Å²) in [6, 6.07) is 4.43. The molecule has 1 aromatic carbocycles. The van der Waals surface area contributed by atoms with Crippen LogP contribution in [0.15, 0.2) is 22.7 Å². The SMILES string of the molecule is C[C@H](CNC(=O)c1ccc(F)cc1Br)N1CCCC1. The molecule has 0 spiro atoms. The Labute approximate surface area is 121 Å². The second kappa shape index (κ2) is 6.48. The summed E-state index contributed by atoms with van der Waals surface area (Å²) in [6.07, 6.45) is 2.48. The van der Waals surface area contributed by atoms with E-state index in [9.17, 15) is 9.18 Å². The van der Waals surface area contributed by atoms with E-state index in [-0.39, 0.29) is 11.7 Å². The second-order valence-electron chi connectivity index (χ2n) is 4.93. The molecular formula is C14H18BrFN2O. The Kier molecular flexibility index (Phi) is 4.93. The van der Waals surface area contributed by atoms with Crippen LogP contribution in [0, 0.1) is 5.82 Å². The number of hydrogen-bond donors (Lipinski definition) is 1. The van der Waals surface area contributed by atoms with Crippen molar-refractivity contribution in [3.63, 3.8) is 0 Å².